The van der Waals surface area contributed by atoms with E-state index in [2.05, 4.69) is 4.98 Å². The third kappa shape index (κ3) is 4.01. The molecule has 1 spiro atoms. The van der Waals surface area contributed by atoms with Crippen molar-refractivity contribution >= 4 is 17.5 Å². The molecule has 1 unspecified atom stereocenters. The van der Waals surface area contributed by atoms with Gasteiger partial charge in [-0.2, -0.15) is 18.4 Å². The molecule has 2 aliphatic rings. The lowest BCUT2D eigenvalue weighted by Crippen LogP contribution is -2.49. The number of hydrogen-bond acceptors (Lipinski definition) is 6. The molecule has 2 N–H and O–H groups in total. The van der Waals surface area contributed by atoms with Gasteiger partial charge < -0.3 is 20.0 Å². The predicted octanol–water partition coefficient (Wildman–Crippen LogP) is 2.72. The number of carbonyl (C=O) groups is 2. The quantitative estimate of drug-likeness (QED) is 0.751. The highest BCUT2D eigenvalue weighted by Crippen LogP contribution is 2.47. The molecule has 0 saturated carbocycles. The number of carbonyl (C=O) groups excluding carboxylic acids is 2. The second-order valence-corrected chi connectivity index (χ2v) is 8.60. The van der Waals surface area contributed by atoms with Crippen LogP contribution in [-0.4, -0.2) is 47.9 Å². The summed E-state index contributed by atoms with van der Waals surface area (Å²) in [7, 11) is 0. The number of amides is 2. The largest absolute Gasteiger partial charge is 0.438 e. The van der Waals surface area contributed by atoms with Crippen molar-refractivity contribution in [2.45, 2.75) is 25.9 Å². The van der Waals surface area contributed by atoms with Gasteiger partial charge in [0.25, 0.3) is 5.91 Å². The Hall–Kier alpha value is -3.55. The summed E-state index contributed by atoms with van der Waals surface area (Å²) in [4.78, 5) is 32.3. The zero-order valence-corrected chi connectivity index (χ0v) is 17.9. The standard InChI is InChI=1S/C22H22F3N5O3/c1-13-18(33-12-28-13)20(32)29-6-4-21(5-7-29)11-30(10-17(21)19(27)31)15-3-2-14(9-26)16(8-15)22(23,24)25/h2-3,8,12,17H,4-7,10-11H2,1H3,(H2,27,31). The molecule has 0 aliphatic carbocycles. The molecule has 3 heterocycles. The van der Waals surface area contributed by atoms with Crippen LogP contribution in [0.1, 0.15) is 40.2 Å². The number of nitrogens with zero attached hydrogens (tertiary/aromatic N) is 4. The monoisotopic (exact) mass is 461 g/mol. The molecule has 1 aromatic heterocycles. The Morgan fingerprint density at radius 2 is 2.00 bits per heavy atom. The molecule has 2 fully saturated rings. The van der Waals surface area contributed by atoms with E-state index in [-0.39, 0.29) is 23.9 Å². The maximum Gasteiger partial charge on any atom is 0.417 e. The molecule has 2 saturated heterocycles. The van der Waals surface area contributed by atoms with Gasteiger partial charge in [0.15, 0.2) is 6.39 Å². The Labute approximate surface area is 187 Å². The van der Waals surface area contributed by atoms with Gasteiger partial charge in [0, 0.05) is 37.3 Å². The highest BCUT2D eigenvalue weighted by Gasteiger charge is 2.51. The molecule has 1 atom stereocenters. The predicted molar refractivity (Wildman–Crippen MR) is 110 cm³/mol. The minimum absolute atomic E-state index is 0.169. The fourth-order valence-corrected chi connectivity index (χ4v) is 4.93. The van der Waals surface area contributed by atoms with Crippen LogP contribution in [0.4, 0.5) is 18.9 Å². The van der Waals surface area contributed by atoms with Crippen molar-refractivity contribution in [2.75, 3.05) is 31.1 Å². The van der Waals surface area contributed by atoms with E-state index in [1.807, 2.05) is 0 Å². The van der Waals surface area contributed by atoms with Gasteiger partial charge in [-0.15, -0.1) is 0 Å². The molecule has 2 aromatic rings. The Bertz CT molecular complexity index is 1130. The van der Waals surface area contributed by atoms with E-state index >= 15 is 0 Å². The number of halogens is 3. The minimum Gasteiger partial charge on any atom is -0.438 e. The Morgan fingerprint density at radius 1 is 1.30 bits per heavy atom. The van der Waals surface area contributed by atoms with E-state index in [9.17, 15) is 22.8 Å². The number of alkyl halides is 3. The summed E-state index contributed by atoms with van der Waals surface area (Å²) in [5.74, 6) is -1.21. The van der Waals surface area contributed by atoms with Gasteiger partial charge in [-0.25, -0.2) is 4.98 Å². The van der Waals surface area contributed by atoms with E-state index in [1.54, 1.807) is 22.8 Å². The van der Waals surface area contributed by atoms with Crippen LogP contribution in [0.25, 0.3) is 0 Å². The van der Waals surface area contributed by atoms with Crippen molar-refractivity contribution in [2.24, 2.45) is 17.1 Å². The van der Waals surface area contributed by atoms with Crippen LogP contribution in [0.15, 0.2) is 29.0 Å². The lowest BCUT2D eigenvalue weighted by molar-refractivity contribution is -0.137. The molecular formula is C22H22F3N5O3. The van der Waals surface area contributed by atoms with E-state index < -0.39 is 34.5 Å². The molecule has 2 aliphatic heterocycles. The van der Waals surface area contributed by atoms with Gasteiger partial charge in [0.05, 0.1) is 28.8 Å². The second kappa shape index (κ2) is 8.10. The fourth-order valence-electron chi connectivity index (χ4n) is 4.93. The van der Waals surface area contributed by atoms with Gasteiger partial charge in [-0.1, -0.05) is 0 Å². The van der Waals surface area contributed by atoms with Crippen LogP contribution in [0.3, 0.4) is 0 Å². The molecule has 11 heteroatoms. The Kier molecular flexibility index (Phi) is 5.56. The number of likely N-dealkylation sites (tertiary alicyclic amines) is 1. The zero-order valence-electron chi connectivity index (χ0n) is 17.9. The zero-order chi connectivity index (χ0) is 24.0. The first-order valence-electron chi connectivity index (χ1n) is 10.4. The Morgan fingerprint density at radius 3 is 2.55 bits per heavy atom. The summed E-state index contributed by atoms with van der Waals surface area (Å²) in [6.45, 7) is 2.89. The van der Waals surface area contributed by atoms with Crippen molar-refractivity contribution in [1.29, 1.82) is 5.26 Å². The number of anilines is 1. The third-order valence-electron chi connectivity index (χ3n) is 6.77. The SMILES string of the molecule is Cc1ncoc1C(=O)N1CCC2(CC1)CN(c1ccc(C#N)c(C(F)(F)F)c1)CC2C(N)=O. The lowest BCUT2D eigenvalue weighted by atomic mass is 9.70. The van der Waals surface area contributed by atoms with Crippen LogP contribution in [0.2, 0.25) is 0 Å². The van der Waals surface area contributed by atoms with Crippen LogP contribution >= 0.6 is 0 Å². The average molecular weight is 461 g/mol. The molecule has 4 rings (SSSR count). The van der Waals surface area contributed by atoms with E-state index in [0.29, 0.717) is 38.2 Å². The summed E-state index contributed by atoms with van der Waals surface area (Å²) < 4.78 is 45.5. The van der Waals surface area contributed by atoms with E-state index in [4.69, 9.17) is 15.4 Å². The number of nitrogens with two attached hydrogens (primary N) is 1. The maximum atomic E-state index is 13.4. The second-order valence-electron chi connectivity index (χ2n) is 8.60. The summed E-state index contributed by atoms with van der Waals surface area (Å²) in [6, 6.07) is 5.11. The van der Waals surface area contributed by atoms with Gasteiger partial charge in [-0.05, 0) is 38.0 Å². The highest BCUT2D eigenvalue weighted by atomic mass is 19.4. The van der Waals surface area contributed by atoms with Gasteiger partial charge in [-0.3, -0.25) is 9.59 Å². The van der Waals surface area contributed by atoms with Gasteiger partial charge in [0.1, 0.15) is 0 Å². The molecule has 174 valence electrons. The summed E-state index contributed by atoms with van der Waals surface area (Å²) in [5.41, 5.74) is 4.42. The number of rotatable bonds is 3. The molecule has 8 nitrogen and oxygen atoms in total. The van der Waals surface area contributed by atoms with Crippen LogP contribution < -0.4 is 10.6 Å². The number of benzene rings is 1. The van der Waals surface area contributed by atoms with Crippen LogP contribution in [0, 0.1) is 29.6 Å². The van der Waals surface area contributed by atoms with Crippen molar-refractivity contribution in [1.82, 2.24) is 9.88 Å². The third-order valence-corrected chi connectivity index (χ3v) is 6.77. The molecular weight excluding hydrogens is 439 g/mol. The van der Waals surface area contributed by atoms with Crippen molar-refractivity contribution in [3.8, 4) is 6.07 Å². The number of piperidine rings is 1. The Balaban J connectivity index is 1.56. The lowest BCUT2D eigenvalue weighted by Gasteiger charge is -2.41. The summed E-state index contributed by atoms with van der Waals surface area (Å²) >= 11 is 0. The molecule has 2 amide bonds. The number of nitriles is 1. The van der Waals surface area contributed by atoms with Crippen LogP contribution in [-0.2, 0) is 11.0 Å². The normalized spacial score (nSPS) is 20.2. The summed E-state index contributed by atoms with van der Waals surface area (Å²) in [5, 5.41) is 9.04. The van der Waals surface area contributed by atoms with E-state index in [0.717, 1.165) is 12.1 Å². The van der Waals surface area contributed by atoms with Crippen molar-refractivity contribution < 1.29 is 27.2 Å². The number of primary amides is 1. The number of aromatic nitrogens is 1. The maximum absolute atomic E-state index is 13.4. The first kappa shape index (κ1) is 22.6. The molecule has 1 aromatic carbocycles. The highest BCUT2D eigenvalue weighted by molar-refractivity contribution is 5.92. The van der Waals surface area contributed by atoms with Gasteiger partial charge in [0.2, 0.25) is 11.7 Å². The number of aryl methyl sites for hydroxylation is 1. The number of oxazole rings is 1. The fraction of sp³-hybridized carbons (Fsp3) is 0.455. The summed E-state index contributed by atoms with van der Waals surface area (Å²) in [6.07, 6.45) is -2.53. The van der Waals surface area contributed by atoms with Gasteiger partial charge >= 0.3 is 6.18 Å². The number of hydrogen-bond donors (Lipinski definition) is 1. The first-order chi connectivity index (χ1) is 15.6. The molecule has 0 radical (unpaired) electrons. The molecule has 33 heavy (non-hydrogen) atoms. The van der Waals surface area contributed by atoms with Crippen molar-refractivity contribution in [3.05, 3.63) is 47.2 Å². The molecule has 0 bridgehead atoms. The van der Waals surface area contributed by atoms with Crippen molar-refractivity contribution in [3.63, 3.8) is 0 Å². The van der Waals surface area contributed by atoms with Crippen LogP contribution in [0.5, 0.6) is 0 Å². The average Bonchev–Trinajstić information content (AvgIpc) is 3.36. The van der Waals surface area contributed by atoms with E-state index in [1.165, 1.54) is 12.5 Å². The smallest absolute Gasteiger partial charge is 0.417 e. The topological polar surface area (TPSA) is 116 Å². The minimum atomic E-state index is -4.67. The first-order valence-corrected chi connectivity index (χ1v) is 10.4.